The zero-order chi connectivity index (χ0) is 19.7. The summed E-state index contributed by atoms with van der Waals surface area (Å²) in [5.74, 6) is 0.147. The Hall–Kier alpha value is -2.74. The molecular formula is C20H19F3N2O3. The molecule has 148 valence electrons. The van der Waals surface area contributed by atoms with E-state index < -0.39 is 12.5 Å². The number of carbonyl (C=O) groups is 1. The molecule has 1 N–H and O–H groups in total. The second-order valence-corrected chi connectivity index (χ2v) is 6.77. The molecule has 1 saturated heterocycles. The van der Waals surface area contributed by atoms with E-state index in [1.807, 2.05) is 12.1 Å². The number of rotatable bonds is 3. The molecule has 2 heterocycles. The summed E-state index contributed by atoms with van der Waals surface area (Å²) in [7, 11) is 0. The van der Waals surface area contributed by atoms with Gasteiger partial charge in [0.05, 0.1) is 12.0 Å². The lowest BCUT2D eigenvalue weighted by Gasteiger charge is -2.31. The first-order valence-corrected chi connectivity index (χ1v) is 9.04. The van der Waals surface area contributed by atoms with E-state index in [9.17, 15) is 18.0 Å². The second-order valence-electron chi connectivity index (χ2n) is 6.77. The number of ketones is 1. The van der Waals surface area contributed by atoms with Crippen LogP contribution >= 0.6 is 0 Å². The first kappa shape index (κ1) is 18.6. The summed E-state index contributed by atoms with van der Waals surface area (Å²) in [5.41, 5.74) is 2.16. The zero-order valence-electron chi connectivity index (χ0n) is 15.0. The summed E-state index contributed by atoms with van der Waals surface area (Å²) in [5, 5.41) is 3.29. The van der Waals surface area contributed by atoms with E-state index in [0.29, 0.717) is 16.9 Å². The van der Waals surface area contributed by atoms with Gasteiger partial charge in [-0.25, -0.2) is 0 Å². The molecule has 2 aromatic rings. The van der Waals surface area contributed by atoms with Gasteiger partial charge in [-0.3, -0.25) is 4.79 Å². The molecular weight excluding hydrogens is 373 g/mol. The van der Waals surface area contributed by atoms with E-state index in [0.717, 1.165) is 31.9 Å². The van der Waals surface area contributed by atoms with Crippen LogP contribution in [0.25, 0.3) is 0 Å². The molecule has 2 aromatic carbocycles. The number of ether oxygens (including phenoxy) is 2. The SMILES string of the molecule is O=C1CC(c2ccc(OC(F)(F)F)cc2)Oc2ccc(N3CCNCC3)cc21. The summed E-state index contributed by atoms with van der Waals surface area (Å²) < 4.78 is 46.7. The summed E-state index contributed by atoms with van der Waals surface area (Å²) in [4.78, 5) is 14.9. The van der Waals surface area contributed by atoms with Crippen LogP contribution in [-0.2, 0) is 0 Å². The van der Waals surface area contributed by atoms with Gasteiger partial charge in [-0.05, 0) is 35.9 Å². The Balaban J connectivity index is 1.51. The molecule has 1 fully saturated rings. The van der Waals surface area contributed by atoms with Gasteiger partial charge < -0.3 is 19.7 Å². The molecule has 0 spiro atoms. The van der Waals surface area contributed by atoms with E-state index >= 15 is 0 Å². The lowest BCUT2D eigenvalue weighted by atomic mass is 9.95. The van der Waals surface area contributed by atoms with Gasteiger partial charge in [0.25, 0.3) is 0 Å². The third kappa shape index (κ3) is 4.06. The number of anilines is 1. The minimum atomic E-state index is -4.74. The highest BCUT2D eigenvalue weighted by atomic mass is 19.4. The Morgan fingerprint density at radius 3 is 2.46 bits per heavy atom. The minimum Gasteiger partial charge on any atom is -0.484 e. The highest BCUT2D eigenvalue weighted by molar-refractivity contribution is 6.01. The molecule has 0 saturated carbocycles. The van der Waals surface area contributed by atoms with Gasteiger partial charge in [-0.1, -0.05) is 12.1 Å². The van der Waals surface area contributed by atoms with E-state index in [4.69, 9.17) is 4.74 Å². The molecule has 0 aromatic heterocycles. The Bertz CT molecular complexity index is 862. The third-order valence-corrected chi connectivity index (χ3v) is 4.87. The number of hydrogen-bond donors (Lipinski definition) is 1. The molecule has 0 bridgehead atoms. The quantitative estimate of drug-likeness (QED) is 0.863. The van der Waals surface area contributed by atoms with Gasteiger partial charge in [0.15, 0.2) is 5.78 Å². The van der Waals surface area contributed by atoms with E-state index in [-0.39, 0.29) is 18.0 Å². The fourth-order valence-corrected chi connectivity index (χ4v) is 3.50. The zero-order valence-corrected chi connectivity index (χ0v) is 15.0. The molecule has 5 nitrogen and oxygen atoms in total. The number of nitrogens with zero attached hydrogens (tertiary/aromatic N) is 1. The largest absolute Gasteiger partial charge is 0.573 e. The lowest BCUT2D eigenvalue weighted by molar-refractivity contribution is -0.274. The number of hydrogen-bond acceptors (Lipinski definition) is 5. The Labute approximate surface area is 160 Å². The van der Waals surface area contributed by atoms with E-state index in [1.165, 1.54) is 24.3 Å². The summed E-state index contributed by atoms with van der Waals surface area (Å²) >= 11 is 0. The second kappa shape index (κ2) is 7.35. The van der Waals surface area contributed by atoms with Gasteiger partial charge in [0, 0.05) is 31.9 Å². The highest BCUT2D eigenvalue weighted by Gasteiger charge is 2.32. The Morgan fingerprint density at radius 2 is 1.79 bits per heavy atom. The van der Waals surface area contributed by atoms with Crippen LogP contribution in [0.4, 0.5) is 18.9 Å². The molecule has 0 amide bonds. The van der Waals surface area contributed by atoms with Crippen LogP contribution in [0, 0.1) is 0 Å². The number of nitrogens with one attached hydrogen (secondary N) is 1. The van der Waals surface area contributed by atoms with Crippen LogP contribution in [0.1, 0.15) is 28.4 Å². The first-order valence-electron chi connectivity index (χ1n) is 9.04. The molecule has 4 rings (SSSR count). The number of carbonyl (C=O) groups excluding carboxylic acids is 1. The van der Waals surface area contributed by atoms with Crippen LogP contribution in [0.5, 0.6) is 11.5 Å². The average Bonchev–Trinajstić information content (AvgIpc) is 2.68. The van der Waals surface area contributed by atoms with Crippen molar-refractivity contribution in [2.75, 3.05) is 31.1 Å². The normalized spacial score (nSPS) is 19.8. The van der Waals surface area contributed by atoms with Crippen LogP contribution in [0.2, 0.25) is 0 Å². The smallest absolute Gasteiger partial charge is 0.484 e. The molecule has 2 aliphatic heterocycles. The van der Waals surface area contributed by atoms with Gasteiger partial charge in [0.2, 0.25) is 0 Å². The number of benzene rings is 2. The molecule has 1 unspecified atom stereocenters. The number of halogens is 3. The number of piperazine rings is 1. The maximum atomic E-state index is 12.7. The minimum absolute atomic E-state index is 0.0427. The number of Topliss-reactive ketones (excluding diaryl/α,β-unsaturated/α-hetero) is 1. The number of alkyl halides is 3. The predicted octanol–water partition coefficient (Wildman–Crippen LogP) is 3.70. The van der Waals surface area contributed by atoms with Gasteiger partial charge in [-0.2, -0.15) is 0 Å². The maximum absolute atomic E-state index is 12.7. The highest BCUT2D eigenvalue weighted by Crippen LogP contribution is 2.37. The Morgan fingerprint density at radius 1 is 1.07 bits per heavy atom. The monoisotopic (exact) mass is 392 g/mol. The van der Waals surface area contributed by atoms with Crippen molar-refractivity contribution in [1.82, 2.24) is 5.32 Å². The summed E-state index contributed by atoms with van der Waals surface area (Å²) in [6.07, 6.45) is -5.14. The molecule has 0 radical (unpaired) electrons. The Kier molecular flexibility index (Phi) is 4.89. The van der Waals surface area contributed by atoms with Crippen LogP contribution in [0.3, 0.4) is 0 Å². The first-order chi connectivity index (χ1) is 13.4. The van der Waals surface area contributed by atoms with Crippen LogP contribution in [-0.4, -0.2) is 38.3 Å². The van der Waals surface area contributed by atoms with Crippen LogP contribution in [0.15, 0.2) is 42.5 Å². The average molecular weight is 392 g/mol. The fourth-order valence-electron chi connectivity index (χ4n) is 3.50. The van der Waals surface area contributed by atoms with Crippen molar-refractivity contribution in [2.45, 2.75) is 18.9 Å². The molecule has 1 atom stereocenters. The van der Waals surface area contributed by atoms with Crippen molar-refractivity contribution in [3.05, 3.63) is 53.6 Å². The molecule has 2 aliphatic rings. The summed E-state index contributed by atoms with van der Waals surface area (Å²) in [6, 6.07) is 11.0. The number of fused-ring (bicyclic) bond motifs is 1. The van der Waals surface area contributed by atoms with Crippen molar-refractivity contribution in [1.29, 1.82) is 0 Å². The maximum Gasteiger partial charge on any atom is 0.573 e. The lowest BCUT2D eigenvalue weighted by Crippen LogP contribution is -2.43. The van der Waals surface area contributed by atoms with Crippen molar-refractivity contribution in [2.24, 2.45) is 0 Å². The van der Waals surface area contributed by atoms with Crippen LogP contribution < -0.4 is 19.7 Å². The molecule has 28 heavy (non-hydrogen) atoms. The molecule has 8 heteroatoms. The third-order valence-electron chi connectivity index (χ3n) is 4.87. The van der Waals surface area contributed by atoms with E-state index in [2.05, 4.69) is 15.0 Å². The van der Waals surface area contributed by atoms with E-state index in [1.54, 1.807) is 6.07 Å². The van der Waals surface area contributed by atoms with Gasteiger partial charge in [-0.15, -0.1) is 13.2 Å². The van der Waals surface area contributed by atoms with Crippen molar-refractivity contribution in [3.63, 3.8) is 0 Å². The van der Waals surface area contributed by atoms with Crippen molar-refractivity contribution in [3.8, 4) is 11.5 Å². The van der Waals surface area contributed by atoms with Gasteiger partial charge in [0.1, 0.15) is 17.6 Å². The summed E-state index contributed by atoms with van der Waals surface area (Å²) in [6.45, 7) is 3.56. The standard InChI is InChI=1S/C20H19F3N2O3/c21-20(22,23)28-15-4-1-13(2-5-15)19-12-17(26)16-11-14(3-6-18(16)27-19)25-9-7-24-8-10-25/h1-6,11,19,24H,7-10,12H2. The molecule has 0 aliphatic carbocycles. The predicted molar refractivity (Wildman–Crippen MR) is 97.0 cm³/mol. The topological polar surface area (TPSA) is 50.8 Å². The fraction of sp³-hybridized carbons (Fsp3) is 0.350. The van der Waals surface area contributed by atoms with Gasteiger partial charge >= 0.3 is 6.36 Å². The van der Waals surface area contributed by atoms with Crippen molar-refractivity contribution >= 4 is 11.5 Å². The van der Waals surface area contributed by atoms with Crippen molar-refractivity contribution < 1.29 is 27.4 Å².